The third-order valence-corrected chi connectivity index (χ3v) is 6.55. The van der Waals surface area contributed by atoms with Crippen LogP contribution in [0.2, 0.25) is 0 Å². The van der Waals surface area contributed by atoms with Crippen molar-refractivity contribution in [3.63, 3.8) is 0 Å². The predicted molar refractivity (Wildman–Crippen MR) is 149 cm³/mol. The molecular formula is C33H21N3O. The van der Waals surface area contributed by atoms with Crippen LogP contribution in [0.15, 0.2) is 132 Å². The zero-order chi connectivity index (χ0) is 24.6. The van der Waals surface area contributed by atoms with Crippen LogP contribution in [0, 0.1) is 0 Å². The van der Waals surface area contributed by atoms with Crippen LogP contribution in [-0.2, 0) is 0 Å². The van der Waals surface area contributed by atoms with Crippen LogP contribution in [0.3, 0.4) is 0 Å². The molecule has 0 amide bonds. The van der Waals surface area contributed by atoms with Crippen LogP contribution in [-0.4, -0.2) is 15.0 Å². The van der Waals surface area contributed by atoms with Gasteiger partial charge in [-0.25, -0.2) is 15.0 Å². The average molecular weight is 476 g/mol. The molecule has 0 bridgehead atoms. The van der Waals surface area contributed by atoms with E-state index in [9.17, 15) is 0 Å². The smallest absolute Gasteiger partial charge is 0.167 e. The molecule has 37 heavy (non-hydrogen) atoms. The highest BCUT2D eigenvalue weighted by Crippen LogP contribution is 2.37. The number of nitrogens with zero attached hydrogens (tertiary/aromatic N) is 3. The molecule has 0 aliphatic heterocycles. The second kappa shape index (κ2) is 8.85. The Morgan fingerprint density at radius 3 is 1.59 bits per heavy atom. The lowest BCUT2D eigenvalue weighted by atomic mass is 10.0. The third kappa shape index (κ3) is 3.85. The van der Waals surface area contributed by atoms with E-state index in [1.54, 1.807) is 0 Å². The van der Waals surface area contributed by atoms with E-state index < -0.39 is 0 Å². The molecule has 0 N–H and O–H groups in total. The normalized spacial score (nSPS) is 11.2. The van der Waals surface area contributed by atoms with Crippen molar-refractivity contribution in [2.75, 3.05) is 0 Å². The second-order valence-corrected chi connectivity index (χ2v) is 8.90. The summed E-state index contributed by atoms with van der Waals surface area (Å²) in [4.78, 5) is 14.6. The van der Waals surface area contributed by atoms with E-state index in [-0.39, 0.29) is 0 Å². The van der Waals surface area contributed by atoms with Gasteiger partial charge in [-0.15, -0.1) is 0 Å². The first-order chi connectivity index (χ1) is 18.3. The number of rotatable bonds is 4. The van der Waals surface area contributed by atoms with Crippen molar-refractivity contribution < 1.29 is 4.42 Å². The Bertz CT molecular complexity index is 1800. The highest BCUT2D eigenvalue weighted by molar-refractivity contribution is 6.09. The minimum atomic E-state index is 0.584. The number of furan rings is 1. The molecule has 0 saturated carbocycles. The average Bonchev–Trinajstić information content (AvgIpc) is 3.36. The van der Waals surface area contributed by atoms with Crippen LogP contribution in [0.25, 0.3) is 67.2 Å². The molecule has 7 aromatic rings. The van der Waals surface area contributed by atoms with Crippen molar-refractivity contribution in [1.82, 2.24) is 15.0 Å². The molecule has 7 rings (SSSR count). The van der Waals surface area contributed by atoms with E-state index in [2.05, 4.69) is 36.4 Å². The standard InChI is InChI=1S/C33H21N3O/c1-4-11-22(12-5-1)25-19-20-26-27-17-10-18-28(30(27)37-29(26)21-25)33-35-31(23-13-6-2-7-14-23)34-32(36-33)24-15-8-3-9-16-24/h1-21H. The molecule has 0 fully saturated rings. The van der Waals surface area contributed by atoms with E-state index in [1.165, 1.54) is 0 Å². The van der Waals surface area contributed by atoms with Gasteiger partial charge in [0, 0.05) is 21.9 Å². The number of hydrogen-bond acceptors (Lipinski definition) is 4. The van der Waals surface area contributed by atoms with Crippen LogP contribution in [0.5, 0.6) is 0 Å². The third-order valence-electron chi connectivity index (χ3n) is 6.55. The second-order valence-electron chi connectivity index (χ2n) is 8.90. The first-order valence-corrected chi connectivity index (χ1v) is 12.2. The fraction of sp³-hybridized carbons (Fsp3) is 0. The Morgan fingerprint density at radius 2 is 0.973 bits per heavy atom. The van der Waals surface area contributed by atoms with E-state index >= 15 is 0 Å². The first-order valence-electron chi connectivity index (χ1n) is 12.2. The van der Waals surface area contributed by atoms with E-state index in [0.717, 1.165) is 49.8 Å². The summed E-state index contributed by atoms with van der Waals surface area (Å²) in [7, 11) is 0. The summed E-state index contributed by atoms with van der Waals surface area (Å²) in [6, 6.07) is 42.8. The molecular weight excluding hydrogens is 454 g/mol. The molecule has 0 atom stereocenters. The molecule has 0 saturated heterocycles. The Hall–Kier alpha value is -5.09. The SMILES string of the molecule is c1ccc(-c2ccc3c(c2)oc2c(-c4nc(-c5ccccc5)nc(-c5ccccc5)n4)cccc23)cc1. The van der Waals surface area contributed by atoms with E-state index in [4.69, 9.17) is 19.4 Å². The summed E-state index contributed by atoms with van der Waals surface area (Å²) < 4.78 is 6.49. The summed E-state index contributed by atoms with van der Waals surface area (Å²) in [6.45, 7) is 0. The highest BCUT2D eigenvalue weighted by Gasteiger charge is 2.17. The number of para-hydroxylation sites is 1. The van der Waals surface area contributed by atoms with E-state index in [0.29, 0.717) is 17.5 Å². The maximum Gasteiger partial charge on any atom is 0.167 e. The van der Waals surface area contributed by atoms with E-state index in [1.807, 2.05) is 91.0 Å². The fourth-order valence-electron chi connectivity index (χ4n) is 4.71. The monoisotopic (exact) mass is 475 g/mol. The molecule has 0 aliphatic carbocycles. The van der Waals surface area contributed by atoms with Crippen molar-refractivity contribution in [3.05, 3.63) is 127 Å². The summed E-state index contributed by atoms with van der Waals surface area (Å²) in [5, 5.41) is 2.10. The van der Waals surface area contributed by atoms with Gasteiger partial charge in [-0.1, -0.05) is 109 Å². The lowest BCUT2D eigenvalue weighted by molar-refractivity contribution is 0.669. The van der Waals surface area contributed by atoms with Crippen molar-refractivity contribution >= 4 is 21.9 Å². The first kappa shape index (κ1) is 21.2. The zero-order valence-corrected chi connectivity index (χ0v) is 19.9. The quantitative estimate of drug-likeness (QED) is 0.256. The van der Waals surface area contributed by atoms with Gasteiger partial charge in [-0.05, 0) is 29.3 Å². The lowest BCUT2D eigenvalue weighted by Gasteiger charge is -2.08. The molecule has 0 unspecified atom stereocenters. The molecule has 5 aromatic carbocycles. The topological polar surface area (TPSA) is 51.8 Å². The van der Waals surface area contributed by atoms with Gasteiger partial charge in [0.15, 0.2) is 17.5 Å². The molecule has 174 valence electrons. The molecule has 4 heteroatoms. The molecule has 0 radical (unpaired) electrons. The van der Waals surface area contributed by atoms with Crippen molar-refractivity contribution in [2.24, 2.45) is 0 Å². The van der Waals surface area contributed by atoms with Crippen molar-refractivity contribution in [3.8, 4) is 45.3 Å². The van der Waals surface area contributed by atoms with Gasteiger partial charge < -0.3 is 4.42 Å². The van der Waals surface area contributed by atoms with Gasteiger partial charge in [-0.3, -0.25) is 0 Å². The highest BCUT2D eigenvalue weighted by atomic mass is 16.3. The summed E-state index contributed by atoms with van der Waals surface area (Å²) in [6.07, 6.45) is 0. The number of aromatic nitrogens is 3. The predicted octanol–water partition coefficient (Wildman–Crippen LogP) is 8.44. The zero-order valence-electron chi connectivity index (χ0n) is 19.9. The Kier molecular flexibility index (Phi) is 5.07. The minimum Gasteiger partial charge on any atom is -0.455 e. The maximum atomic E-state index is 6.49. The molecule has 2 aromatic heterocycles. The molecule has 0 spiro atoms. The minimum absolute atomic E-state index is 0.584. The van der Waals surface area contributed by atoms with Gasteiger partial charge in [0.05, 0.1) is 5.56 Å². The van der Waals surface area contributed by atoms with Crippen molar-refractivity contribution in [2.45, 2.75) is 0 Å². The fourth-order valence-corrected chi connectivity index (χ4v) is 4.71. The summed E-state index contributed by atoms with van der Waals surface area (Å²) >= 11 is 0. The number of benzene rings is 5. The van der Waals surface area contributed by atoms with Crippen LogP contribution >= 0.6 is 0 Å². The number of fused-ring (bicyclic) bond motifs is 3. The molecule has 2 heterocycles. The van der Waals surface area contributed by atoms with Gasteiger partial charge in [0.1, 0.15) is 11.2 Å². The molecule has 4 nitrogen and oxygen atoms in total. The Balaban J connectivity index is 1.44. The van der Waals surface area contributed by atoms with Gasteiger partial charge in [0.2, 0.25) is 0 Å². The van der Waals surface area contributed by atoms with Crippen LogP contribution in [0.1, 0.15) is 0 Å². The van der Waals surface area contributed by atoms with Gasteiger partial charge in [0.25, 0.3) is 0 Å². The number of hydrogen-bond donors (Lipinski definition) is 0. The van der Waals surface area contributed by atoms with Crippen molar-refractivity contribution in [1.29, 1.82) is 0 Å². The van der Waals surface area contributed by atoms with Gasteiger partial charge >= 0.3 is 0 Å². The van der Waals surface area contributed by atoms with Crippen LogP contribution in [0.4, 0.5) is 0 Å². The summed E-state index contributed by atoms with van der Waals surface area (Å²) in [5.41, 5.74) is 6.59. The Labute approximate surface area is 213 Å². The van der Waals surface area contributed by atoms with Crippen LogP contribution < -0.4 is 0 Å². The Morgan fingerprint density at radius 1 is 0.405 bits per heavy atom. The van der Waals surface area contributed by atoms with Gasteiger partial charge in [-0.2, -0.15) is 0 Å². The maximum absolute atomic E-state index is 6.49. The molecule has 0 aliphatic rings. The largest absolute Gasteiger partial charge is 0.455 e. The lowest BCUT2D eigenvalue weighted by Crippen LogP contribution is -2.00. The summed E-state index contributed by atoms with van der Waals surface area (Å²) in [5.74, 6) is 1.84.